The average Bonchev–Trinajstić information content (AvgIpc) is 2.83. The standard InChI is InChI=1S/C24H29N3O6S/c1-17(27(34(2,30)31)18-10-11-21-22(16-18)33-15-14-32-21)23(28)25-20-9-5-4-8-19(20)24(29)26-12-6-3-7-13-26/h4-5,8-11,16-17H,3,6-7,12-15H2,1-2H3,(H,25,28)/t17-/m1/s1. The highest BCUT2D eigenvalue weighted by atomic mass is 32.2. The Morgan fingerprint density at radius 3 is 2.38 bits per heavy atom. The first-order valence-corrected chi connectivity index (χ1v) is 13.2. The molecule has 9 nitrogen and oxygen atoms in total. The van der Waals surface area contributed by atoms with Gasteiger partial charge in [0.15, 0.2) is 11.5 Å². The van der Waals surface area contributed by atoms with Crippen LogP contribution < -0.4 is 19.1 Å². The third kappa shape index (κ3) is 5.11. The van der Waals surface area contributed by atoms with E-state index in [9.17, 15) is 18.0 Å². The highest BCUT2D eigenvalue weighted by Crippen LogP contribution is 2.35. The molecule has 2 aliphatic rings. The van der Waals surface area contributed by atoms with Crippen LogP contribution in [0.25, 0.3) is 0 Å². The van der Waals surface area contributed by atoms with Crippen LogP contribution in [0.1, 0.15) is 36.5 Å². The van der Waals surface area contributed by atoms with Gasteiger partial charge in [0.25, 0.3) is 5.91 Å². The van der Waals surface area contributed by atoms with Gasteiger partial charge in [0.05, 0.1) is 23.2 Å². The molecule has 0 spiro atoms. The van der Waals surface area contributed by atoms with Gasteiger partial charge >= 0.3 is 0 Å². The molecule has 4 rings (SSSR count). The first-order chi connectivity index (χ1) is 16.3. The van der Waals surface area contributed by atoms with Crippen LogP contribution in [-0.2, 0) is 14.8 Å². The molecule has 0 aromatic heterocycles. The van der Waals surface area contributed by atoms with E-state index in [0.29, 0.717) is 49.1 Å². The molecule has 0 bridgehead atoms. The maximum Gasteiger partial charge on any atom is 0.255 e. The number of sulfonamides is 1. The van der Waals surface area contributed by atoms with Gasteiger partial charge in [-0.2, -0.15) is 0 Å². The quantitative estimate of drug-likeness (QED) is 0.672. The minimum Gasteiger partial charge on any atom is -0.486 e. The minimum atomic E-state index is -3.82. The molecule has 2 aromatic carbocycles. The normalized spacial score (nSPS) is 16.5. The zero-order valence-corrected chi connectivity index (χ0v) is 20.1. The van der Waals surface area contributed by atoms with Crippen molar-refractivity contribution in [3.8, 4) is 11.5 Å². The fourth-order valence-electron chi connectivity index (χ4n) is 4.26. The summed E-state index contributed by atoms with van der Waals surface area (Å²) in [6.45, 7) is 3.64. The van der Waals surface area contributed by atoms with Crippen molar-refractivity contribution in [2.75, 3.05) is 42.2 Å². The molecule has 1 atom stereocenters. The second kappa shape index (κ2) is 9.92. The molecule has 34 heavy (non-hydrogen) atoms. The summed E-state index contributed by atoms with van der Waals surface area (Å²) < 4.78 is 37.5. The lowest BCUT2D eigenvalue weighted by Gasteiger charge is -2.30. The summed E-state index contributed by atoms with van der Waals surface area (Å²) in [5.74, 6) is 0.238. The van der Waals surface area contributed by atoms with Gasteiger partial charge in [-0.05, 0) is 50.5 Å². The van der Waals surface area contributed by atoms with Crippen molar-refractivity contribution in [1.82, 2.24) is 4.90 Å². The zero-order valence-electron chi connectivity index (χ0n) is 19.3. The summed E-state index contributed by atoms with van der Waals surface area (Å²) in [4.78, 5) is 28.1. The Balaban J connectivity index is 1.58. The summed E-state index contributed by atoms with van der Waals surface area (Å²) in [6, 6.07) is 10.5. The molecule has 1 fully saturated rings. The summed E-state index contributed by atoms with van der Waals surface area (Å²) in [5.41, 5.74) is 1.02. The van der Waals surface area contributed by atoms with Gasteiger partial charge in [-0.1, -0.05) is 12.1 Å². The van der Waals surface area contributed by atoms with Crippen LogP contribution in [0.15, 0.2) is 42.5 Å². The number of nitrogens with zero attached hydrogens (tertiary/aromatic N) is 2. The Bertz CT molecular complexity index is 1180. The smallest absolute Gasteiger partial charge is 0.255 e. The van der Waals surface area contributed by atoms with Gasteiger partial charge in [-0.25, -0.2) is 8.42 Å². The van der Waals surface area contributed by atoms with Gasteiger partial charge in [0.2, 0.25) is 15.9 Å². The van der Waals surface area contributed by atoms with Crippen LogP contribution in [0, 0.1) is 0 Å². The molecule has 2 aliphatic heterocycles. The van der Waals surface area contributed by atoms with Crippen molar-refractivity contribution in [3.05, 3.63) is 48.0 Å². The van der Waals surface area contributed by atoms with Crippen molar-refractivity contribution in [1.29, 1.82) is 0 Å². The van der Waals surface area contributed by atoms with Crippen LogP contribution in [0.5, 0.6) is 11.5 Å². The van der Waals surface area contributed by atoms with E-state index >= 15 is 0 Å². The molecule has 1 saturated heterocycles. The van der Waals surface area contributed by atoms with E-state index in [1.807, 2.05) is 0 Å². The lowest BCUT2D eigenvalue weighted by Crippen LogP contribution is -2.45. The van der Waals surface area contributed by atoms with Crippen LogP contribution >= 0.6 is 0 Å². The number of rotatable bonds is 6. The number of hydrogen-bond donors (Lipinski definition) is 1. The van der Waals surface area contributed by atoms with Crippen LogP contribution in [0.2, 0.25) is 0 Å². The SMILES string of the molecule is C[C@H](C(=O)Nc1ccccc1C(=O)N1CCCCC1)N(c1ccc2c(c1)OCCO2)S(C)(=O)=O. The lowest BCUT2D eigenvalue weighted by molar-refractivity contribution is -0.116. The summed E-state index contributed by atoms with van der Waals surface area (Å²) in [6.07, 6.45) is 4.05. The molecule has 1 N–H and O–H groups in total. The maximum absolute atomic E-state index is 13.2. The topological polar surface area (TPSA) is 105 Å². The van der Waals surface area contributed by atoms with E-state index in [0.717, 1.165) is 29.8 Å². The summed E-state index contributed by atoms with van der Waals surface area (Å²) in [7, 11) is -3.82. The number of para-hydroxylation sites is 1. The van der Waals surface area contributed by atoms with Crippen molar-refractivity contribution < 1.29 is 27.5 Å². The third-order valence-corrected chi connectivity index (χ3v) is 7.17. The van der Waals surface area contributed by atoms with E-state index < -0.39 is 22.0 Å². The number of anilines is 2. The molecule has 2 heterocycles. The Morgan fingerprint density at radius 2 is 1.68 bits per heavy atom. The molecule has 2 aromatic rings. The van der Waals surface area contributed by atoms with Gasteiger partial charge < -0.3 is 19.7 Å². The van der Waals surface area contributed by atoms with E-state index in [1.165, 1.54) is 6.92 Å². The summed E-state index contributed by atoms with van der Waals surface area (Å²) in [5, 5.41) is 2.77. The van der Waals surface area contributed by atoms with E-state index in [4.69, 9.17) is 9.47 Å². The summed E-state index contributed by atoms with van der Waals surface area (Å²) >= 11 is 0. The predicted molar refractivity (Wildman–Crippen MR) is 129 cm³/mol. The number of ether oxygens (including phenoxy) is 2. The van der Waals surface area contributed by atoms with Crippen molar-refractivity contribution in [3.63, 3.8) is 0 Å². The molecule has 10 heteroatoms. The highest BCUT2D eigenvalue weighted by molar-refractivity contribution is 7.92. The van der Waals surface area contributed by atoms with Crippen LogP contribution in [-0.4, -0.2) is 63.7 Å². The highest BCUT2D eigenvalue weighted by Gasteiger charge is 2.31. The average molecular weight is 488 g/mol. The predicted octanol–water partition coefficient (Wildman–Crippen LogP) is 2.88. The minimum absolute atomic E-state index is 0.143. The number of likely N-dealkylation sites (tertiary alicyclic amines) is 1. The second-order valence-corrected chi connectivity index (χ2v) is 10.3. The van der Waals surface area contributed by atoms with Gasteiger partial charge in [0.1, 0.15) is 19.3 Å². The lowest BCUT2D eigenvalue weighted by atomic mass is 10.1. The molecule has 0 unspecified atom stereocenters. The number of fused-ring (bicyclic) bond motifs is 1. The molecule has 2 amide bonds. The monoisotopic (exact) mass is 487 g/mol. The molecule has 0 saturated carbocycles. The zero-order chi connectivity index (χ0) is 24.3. The van der Waals surface area contributed by atoms with Gasteiger partial charge in [0, 0.05) is 19.2 Å². The van der Waals surface area contributed by atoms with Crippen molar-refractivity contribution >= 4 is 33.2 Å². The molecular weight excluding hydrogens is 458 g/mol. The Hall–Kier alpha value is -3.27. The number of hydrogen-bond acceptors (Lipinski definition) is 6. The molecule has 0 radical (unpaired) electrons. The van der Waals surface area contributed by atoms with Crippen molar-refractivity contribution in [2.24, 2.45) is 0 Å². The van der Waals surface area contributed by atoms with Crippen molar-refractivity contribution in [2.45, 2.75) is 32.2 Å². The van der Waals surface area contributed by atoms with E-state index in [2.05, 4.69) is 5.32 Å². The number of piperidine rings is 1. The maximum atomic E-state index is 13.2. The Kier molecular flexibility index (Phi) is 6.97. The van der Waals surface area contributed by atoms with E-state index in [-0.39, 0.29) is 11.6 Å². The number of carbonyl (C=O) groups excluding carboxylic acids is 2. The fraction of sp³-hybridized carbons (Fsp3) is 0.417. The molecule has 182 valence electrons. The first-order valence-electron chi connectivity index (χ1n) is 11.3. The molecule has 0 aliphatic carbocycles. The number of benzene rings is 2. The Labute approximate surface area is 199 Å². The van der Waals surface area contributed by atoms with Gasteiger partial charge in [-0.3, -0.25) is 13.9 Å². The first kappa shape index (κ1) is 23.9. The largest absolute Gasteiger partial charge is 0.486 e. The van der Waals surface area contributed by atoms with Gasteiger partial charge in [-0.15, -0.1) is 0 Å². The molecular formula is C24H29N3O6S. The number of amides is 2. The second-order valence-electron chi connectivity index (χ2n) is 8.45. The Morgan fingerprint density at radius 1 is 1.00 bits per heavy atom. The number of nitrogens with one attached hydrogen (secondary N) is 1. The number of carbonyl (C=O) groups is 2. The van der Waals surface area contributed by atoms with Crippen LogP contribution in [0.4, 0.5) is 11.4 Å². The van der Waals surface area contributed by atoms with E-state index in [1.54, 1.807) is 47.4 Å². The fourth-order valence-corrected chi connectivity index (χ4v) is 5.43. The van der Waals surface area contributed by atoms with Crippen LogP contribution in [0.3, 0.4) is 0 Å². The third-order valence-electron chi connectivity index (χ3n) is 5.93.